The van der Waals surface area contributed by atoms with E-state index in [1.807, 2.05) is 30.3 Å². The molecule has 0 fully saturated rings. The van der Waals surface area contributed by atoms with E-state index in [-0.39, 0.29) is 23.4 Å². The fourth-order valence-corrected chi connectivity index (χ4v) is 4.53. The van der Waals surface area contributed by atoms with Crippen molar-refractivity contribution in [3.63, 3.8) is 0 Å². The van der Waals surface area contributed by atoms with Gasteiger partial charge >= 0.3 is 5.97 Å². The number of carboxylic acid groups (broad SMARTS) is 1. The molecule has 0 aliphatic rings. The molecule has 0 amide bonds. The smallest absolute Gasteiger partial charge is 0.337 e. The molecule has 6 heteroatoms. The van der Waals surface area contributed by atoms with Crippen molar-refractivity contribution in [1.29, 1.82) is 0 Å². The van der Waals surface area contributed by atoms with Crippen molar-refractivity contribution >= 4 is 22.4 Å². The van der Waals surface area contributed by atoms with Gasteiger partial charge in [-0.25, -0.2) is 4.79 Å². The largest absolute Gasteiger partial charge is 0.478 e. The van der Waals surface area contributed by atoms with Crippen molar-refractivity contribution in [3.05, 3.63) is 102 Å². The second kappa shape index (κ2) is 11.6. The fraction of sp³-hybridized carbons (Fsp3) is 0.258. The molecule has 5 N–H and O–H groups in total. The second-order valence-corrected chi connectivity index (χ2v) is 10.1. The molecule has 37 heavy (non-hydrogen) atoms. The molecule has 0 aromatic heterocycles. The molecule has 4 aromatic carbocycles. The Morgan fingerprint density at radius 1 is 0.973 bits per heavy atom. The summed E-state index contributed by atoms with van der Waals surface area (Å²) in [5.74, 6) is -1.05. The summed E-state index contributed by atoms with van der Waals surface area (Å²) in [6, 6.07) is 27.5. The number of nitrogens with two attached hydrogens (primary N) is 1. The van der Waals surface area contributed by atoms with Crippen LogP contribution in [0.3, 0.4) is 0 Å². The van der Waals surface area contributed by atoms with Crippen LogP contribution in [0.4, 0.5) is 5.69 Å². The van der Waals surface area contributed by atoms with Crippen molar-refractivity contribution < 1.29 is 19.7 Å². The average molecular weight is 499 g/mol. The minimum absolute atomic E-state index is 0.0802. The van der Waals surface area contributed by atoms with Gasteiger partial charge < -0.3 is 26.0 Å². The predicted octanol–water partition coefficient (Wildman–Crippen LogP) is 5.28. The highest BCUT2D eigenvalue weighted by molar-refractivity contribution is 5.94. The van der Waals surface area contributed by atoms with Gasteiger partial charge in [-0.2, -0.15) is 0 Å². The molecule has 1 atom stereocenters. The SMILES string of the molecule is CC(C)(Cc1ccc2ccccc2c1)NC[C@@H](O)COCc1ccccc1-c1ccc(C(=O)O)c(N)c1. The molecular formula is C31H34N2O4. The molecule has 6 nitrogen and oxygen atoms in total. The third-order valence-corrected chi connectivity index (χ3v) is 6.45. The molecule has 0 aliphatic carbocycles. The Kier molecular flexibility index (Phi) is 8.24. The number of carbonyl (C=O) groups is 1. The van der Waals surface area contributed by atoms with Crippen molar-refractivity contribution in [1.82, 2.24) is 5.32 Å². The highest BCUT2D eigenvalue weighted by atomic mass is 16.5. The van der Waals surface area contributed by atoms with E-state index in [9.17, 15) is 15.0 Å². The summed E-state index contributed by atoms with van der Waals surface area (Å²) in [4.78, 5) is 11.3. The maximum absolute atomic E-state index is 11.3. The molecule has 0 aliphatic heterocycles. The Labute approximate surface area is 217 Å². The Hall–Kier alpha value is -3.71. The van der Waals surface area contributed by atoms with Crippen LogP contribution in [0, 0.1) is 0 Å². The number of β-amino-alcohol motifs (C(OH)–C–C–N with tert-alkyl or cyclic N) is 1. The van der Waals surface area contributed by atoms with E-state index in [1.54, 1.807) is 12.1 Å². The lowest BCUT2D eigenvalue weighted by atomic mass is 9.93. The van der Waals surface area contributed by atoms with Gasteiger partial charge in [0.1, 0.15) is 0 Å². The molecule has 0 spiro atoms. The van der Waals surface area contributed by atoms with Crippen LogP contribution in [0.2, 0.25) is 0 Å². The first-order chi connectivity index (χ1) is 17.7. The molecule has 0 unspecified atom stereocenters. The fourth-order valence-electron chi connectivity index (χ4n) is 4.53. The molecule has 0 saturated heterocycles. The third kappa shape index (κ3) is 6.95. The quantitative estimate of drug-likeness (QED) is 0.210. The van der Waals surface area contributed by atoms with Gasteiger partial charge in [0, 0.05) is 17.8 Å². The molecule has 0 radical (unpaired) electrons. The van der Waals surface area contributed by atoms with Gasteiger partial charge in [-0.1, -0.05) is 72.8 Å². The summed E-state index contributed by atoms with van der Waals surface area (Å²) in [6.45, 7) is 5.18. The summed E-state index contributed by atoms with van der Waals surface area (Å²) in [7, 11) is 0. The molecule has 192 valence electrons. The zero-order valence-electron chi connectivity index (χ0n) is 21.3. The van der Waals surface area contributed by atoms with Crippen LogP contribution in [0.15, 0.2) is 84.9 Å². The number of rotatable bonds is 11. The lowest BCUT2D eigenvalue weighted by Crippen LogP contribution is -2.45. The van der Waals surface area contributed by atoms with Gasteiger partial charge in [0.05, 0.1) is 24.9 Å². The number of hydrogen-bond acceptors (Lipinski definition) is 5. The highest BCUT2D eigenvalue weighted by Crippen LogP contribution is 2.28. The standard InChI is InChI=1S/C31H34N2O4/c1-31(2,17-21-11-12-22-7-3-4-8-23(22)15-21)33-18-26(34)20-37-19-25-9-5-6-10-27(25)24-13-14-28(30(35)36)29(32)16-24/h3-16,26,33-34H,17-20,32H2,1-2H3,(H,35,36)/t26-/m1/s1. The topological polar surface area (TPSA) is 105 Å². The number of fused-ring (bicyclic) bond motifs is 1. The van der Waals surface area contributed by atoms with E-state index >= 15 is 0 Å². The van der Waals surface area contributed by atoms with Crippen LogP contribution in [0.1, 0.15) is 35.3 Å². The minimum atomic E-state index is -1.05. The van der Waals surface area contributed by atoms with E-state index in [4.69, 9.17) is 10.5 Å². The van der Waals surface area contributed by atoms with Gasteiger partial charge in [0.15, 0.2) is 0 Å². The van der Waals surface area contributed by atoms with E-state index in [0.29, 0.717) is 13.2 Å². The number of aliphatic hydroxyl groups excluding tert-OH is 1. The predicted molar refractivity (Wildman–Crippen MR) is 149 cm³/mol. The van der Waals surface area contributed by atoms with Crippen molar-refractivity contribution in [2.75, 3.05) is 18.9 Å². The van der Waals surface area contributed by atoms with Gasteiger partial charge in [0.25, 0.3) is 0 Å². The van der Waals surface area contributed by atoms with Crippen molar-refractivity contribution in [3.8, 4) is 11.1 Å². The number of carboxylic acids is 1. The number of hydrogen-bond donors (Lipinski definition) is 4. The maximum Gasteiger partial charge on any atom is 0.337 e. The lowest BCUT2D eigenvalue weighted by Gasteiger charge is -2.28. The molecule has 0 heterocycles. The first kappa shape index (κ1) is 26.4. The molecule has 4 aromatic rings. The average Bonchev–Trinajstić information content (AvgIpc) is 2.87. The summed E-state index contributed by atoms with van der Waals surface area (Å²) in [5, 5.41) is 25.7. The number of aromatic carboxylic acids is 1. The number of nitrogen functional groups attached to an aromatic ring is 1. The zero-order chi connectivity index (χ0) is 26.4. The number of benzene rings is 4. The minimum Gasteiger partial charge on any atom is -0.478 e. The van der Waals surface area contributed by atoms with Crippen molar-refractivity contribution in [2.45, 2.75) is 38.5 Å². The van der Waals surface area contributed by atoms with E-state index < -0.39 is 12.1 Å². The normalized spacial score (nSPS) is 12.5. The van der Waals surface area contributed by atoms with Crippen LogP contribution in [-0.2, 0) is 17.8 Å². The van der Waals surface area contributed by atoms with Crippen LogP contribution < -0.4 is 11.1 Å². The number of ether oxygens (including phenoxy) is 1. The van der Waals surface area contributed by atoms with E-state index in [0.717, 1.165) is 23.1 Å². The molecule has 0 bridgehead atoms. The van der Waals surface area contributed by atoms with Gasteiger partial charge in [0.2, 0.25) is 0 Å². The maximum atomic E-state index is 11.3. The van der Waals surface area contributed by atoms with Gasteiger partial charge in [-0.3, -0.25) is 0 Å². The van der Waals surface area contributed by atoms with Crippen molar-refractivity contribution in [2.24, 2.45) is 0 Å². The van der Waals surface area contributed by atoms with Crippen LogP contribution >= 0.6 is 0 Å². The first-order valence-corrected chi connectivity index (χ1v) is 12.4. The number of anilines is 1. The van der Waals surface area contributed by atoms with E-state index in [2.05, 4.69) is 55.6 Å². The van der Waals surface area contributed by atoms with Crippen LogP contribution in [-0.4, -0.2) is 41.0 Å². The summed E-state index contributed by atoms with van der Waals surface area (Å²) < 4.78 is 5.85. The van der Waals surface area contributed by atoms with Crippen LogP contribution in [0.25, 0.3) is 21.9 Å². The Balaban J connectivity index is 1.30. The monoisotopic (exact) mass is 498 g/mol. The molecule has 4 rings (SSSR count). The third-order valence-electron chi connectivity index (χ3n) is 6.45. The Morgan fingerprint density at radius 2 is 1.70 bits per heavy atom. The Morgan fingerprint density at radius 3 is 2.46 bits per heavy atom. The Bertz CT molecular complexity index is 1380. The molecular weight excluding hydrogens is 464 g/mol. The summed E-state index contributed by atoms with van der Waals surface area (Å²) in [5.41, 5.74) is 9.95. The number of aliphatic hydroxyl groups is 1. The molecule has 0 saturated carbocycles. The van der Waals surface area contributed by atoms with Crippen LogP contribution in [0.5, 0.6) is 0 Å². The second-order valence-electron chi connectivity index (χ2n) is 10.1. The number of nitrogens with one attached hydrogen (secondary N) is 1. The van der Waals surface area contributed by atoms with Gasteiger partial charge in [-0.15, -0.1) is 0 Å². The summed E-state index contributed by atoms with van der Waals surface area (Å²) in [6.07, 6.45) is 0.177. The van der Waals surface area contributed by atoms with E-state index in [1.165, 1.54) is 22.4 Å². The first-order valence-electron chi connectivity index (χ1n) is 12.4. The summed E-state index contributed by atoms with van der Waals surface area (Å²) >= 11 is 0. The highest BCUT2D eigenvalue weighted by Gasteiger charge is 2.20. The lowest BCUT2D eigenvalue weighted by molar-refractivity contribution is 0.0258. The zero-order valence-corrected chi connectivity index (χ0v) is 21.3. The van der Waals surface area contributed by atoms with Gasteiger partial charge in [-0.05, 0) is 65.4 Å².